The fourth-order valence-corrected chi connectivity index (χ4v) is 2.75. The lowest BCUT2D eigenvalue weighted by atomic mass is 9.87. The second-order valence-corrected chi connectivity index (χ2v) is 6.14. The van der Waals surface area contributed by atoms with E-state index in [4.69, 9.17) is 24.2 Å². The number of esters is 1. The van der Waals surface area contributed by atoms with Crippen LogP contribution in [0.1, 0.15) is 31.2 Å². The van der Waals surface area contributed by atoms with Crippen LogP contribution in [0.25, 0.3) is 0 Å². The van der Waals surface area contributed by atoms with Gasteiger partial charge < -0.3 is 18.9 Å². The summed E-state index contributed by atoms with van der Waals surface area (Å²) in [6, 6.07) is 8.60. The molecule has 0 N–H and O–H groups in total. The van der Waals surface area contributed by atoms with Gasteiger partial charge in [0.25, 0.3) is 0 Å². The van der Waals surface area contributed by atoms with Gasteiger partial charge in [-0.2, -0.15) is 5.26 Å². The van der Waals surface area contributed by atoms with E-state index in [1.165, 1.54) is 0 Å². The molecule has 0 spiro atoms. The second-order valence-electron chi connectivity index (χ2n) is 6.14. The molecule has 24 heavy (non-hydrogen) atoms. The second kappa shape index (κ2) is 8.25. The number of hydrogen-bond donors (Lipinski definition) is 0. The van der Waals surface area contributed by atoms with Crippen LogP contribution in [0.2, 0.25) is 0 Å². The van der Waals surface area contributed by atoms with Crippen LogP contribution in [0, 0.1) is 17.2 Å². The maximum absolute atomic E-state index is 12.2. The lowest BCUT2D eigenvalue weighted by molar-refractivity contribution is -0.143. The van der Waals surface area contributed by atoms with Crippen LogP contribution in [0.5, 0.6) is 5.75 Å². The minimum absolute atomic E-state index is 0.0960. The number of rotatable bonds is 7. The summed E-state index contributed by atoms with van der Waals surface area (Å²) in [7, 11) is 0. The van der Waals surface area contributed by atoms with E-state index in [1.54, 1.807) is 24.3 Å². The first-order chi connectivity index (χ1) is 11.7. The predicted octanol–water partition coefficient (Wildman–Crippen LogP) is 2.41. The standard InChI is InChI=1S/C18H21NO5/c19-9-13-1-5-16(6-2-13)24-18(20)14-3-7-15(8-4-14)23-12-21-10-17-11-22-17/h1-2,5-6,14-15,17H,3-4,7-8,10-12H2. The van der Waals surface area contributed by atoms with Crippen LogP contribution < -0.4 is 4.74 Å². The molecule has 1 saturated heterocycles. The van der Waals surface area contributed by atoms with Crippen molar-refractivity contribution in [3.63, 3.8) is 0 Å². The van der Waals surface area contributed by atoms with E-state index in [-0.39, 0.29) is 30.9 Å². The van der Waals surface area contributed by atoms with E-state index in [0.29, 0.717) is 17.9 Å². The first-order valence-corrected chi connectivity index (χ1v) is 8.27. The van der Waals surface area contributed by atoms with Gasteiger partial charge in [-0.05, 0) is 49.9 Å². The molecule has 2 fully saturated rings. The minimum atomic E-state index is -0.208. The summed E-state index contributed by atoms with van der Waals surface area (Å²) in [6.45, 7) is 1.66. The number of nitrogens with zero attached hydrogens (tertiary/aromatic N) is 1. The maximum atomic E-state index is 12.2. The topological polar surface area (TPSA) is 81.1 Å². The van der Waals surface area contributed by atoms with E-state index in [0.717, 1.165) is 32.3 Å². The Kier molecular flexibility index (Phi) is 5.81. The quantitative estimate of drug-likeness (QED) is 0.251. The highest BCUT2D eigenvalue weighted by atomic mass is 16.7. The Balaban J connectivity index is 1.35. The molecule has 0 radical (unpaired) electrons. The molecule has 0 bridgehead atoms. The fraction of sp³-hybridized carbons (Fsp3) is 0.556. The van der Waals surface area contributed by atoms with Crippen LogP contribution in [0.15, 0.2) is 24.3 Å². The van der Waals surface area contributed by atoms with Crippen LogP contribution in [0.4, 0.5) is 0 Å². The highest BCUT2D eigenvalue weighted by molar-refractivity contribution is 5.75. The molecule has 1 aromatic carbocycles. The molecule has 1 saturated carbocycles. The molecule has 6 heteroatoms. The van der Waals surface area contributed by atoms with Gasteiger partial charge in [-0.1, -0.05) is 0 Å². The number of carbonyl (C=O) groups excluding carboxylic acids is 1. The van der Waals surface area contributed by atoms with Crippen LogP contribution in [0.3, 0.4) is 0 Å². The summed E-state index contributed by atoms with van der Waals surface area (Å²) in [5, 5.41) is 8.76. The number of epoxide rings is 1. The van der Waals surface area contributed by atoms with Gasteiger partial charge in [0.2, 0.25) is 0 Å². The van der Waals surface area contributed by atoms with Gasteiger partial charge in [-0.25, -0.2) is 0 Å². The molecule has 3 rings (SSSR count). The van der Waals surface area contributed by atoms with E-state index >= 15 is 0 Å². The zero-order chi connectivity index (χ0) is 16.8. The van der Waals surface area contributed by atoms with Crippen LogP contribution >= 0.6 is 0 Å². The van der Waals surface area contributed by atoms with Crippen LogP contribution in [-0.4, -0.2) is 38.2 Å². The van der Waals surface area contributed by atoms with Crippen molar-refractivity contribution >= 4 is 5.97 Å². The summed E-state index contributed by atoms with van der Waals surface area (Å²) in [6.07, 6.45) is 3.56. The van der Waals surface area contributed by atoms with E-state index < -0.39 is 0 Å². The predicted molar refractivity (Wildman–Crippen MR) is 84.2 cm³/mol. The molecule has 1 heterocycles. The summed E-state index contributed by atoms with van der Waals surface area (Å²) >= 11 is 0. The maximum Gasteiger partial charge on any atom is 0.314 e. The highest BCUT2D eigenvalue weighted by Gasteiger charge is 2.28. The molecule has 128 valence electrons. The average molecular weight is 331 g/mol. The number of hydrogen-bond acceptors (Lipinski definition) is 6. The molecule has 1 unspecified atom stereocenters. The molecule has 0 aromatic heterocycles. The van der Waals surface area contributed by atoms with Crippen molar-refractivity contribution in [2.24, 2.45) is 5.92 Å². The zero-order valence-corrected chi connectivity index (χ0v) is 13.5. The number of carbonyl (C=O) groups is 1. The van der Waals surface area contributed by atoms with Gasteiger partial charge in [-0.15, -0.1) is 0 Å². The van der Waals surface area contributed by atoms with Crippen molar-refractivity contribution < 1.29 is 23.7 Å². The molecule has 2 aliphatic rings. The first kappa shape index (κ1) is 16.9. The molecule has 1 aromatic rings. The lowest BCUT2D eigenvalue weighted by Gasteiger charge is -2.27. The Hall–Kier alpha value is -1.94. The largest absolute Gasteiger partial charge is 0.426 e. The Morgan fingerprint density at radius 1 is 1.21 bits per heavy atom. The third-order valence-corrected chi connectivity index (χ3v) is 4.30. The molecule has 0 amide bonds. The molecular formula is C18H21NO5. The average Bonchev–Trinajstić information content (AvgIpc) is 3.44. The Morgan fingerprint density at radius 2 is 1.92 bits per heavy atom. The fourth-order valence-electron chi connectivity index (χ4n) is 2.75. The third-order valence-electron chi connectivity index (χ3n) is 4.30. The summed E-state index contributed by atoms with van der Waals surface area (Å²) in [5.41, 5.74) is 0.544. The summed E-state index contributed by atoms with van der Waals surface area (Å²) < 4.78 is 21.5. The minimum Gasteiger partial charge on any atom is -0.426 e. The first-order valence-electron chi connectivity index (χ1n) is 8.27. The van der Waals surface area contributed by atoms with Crippen molar-refractivity contribution in [1.82, 2.24) is 0 Å². The zero-order valence-electron chi connectivity index (χ0n) is 13.5. The molecule has 1 atom stereocenters. The van der Waals surface area contributed by atoms with Gasteiger partial charge in [0, 0.05) is 0 Å². The van der Waals surface area contributed by atoms with E-state index in [1.807, 2.05) is 6.07 Å². The van der Waals surface area contributed by atoms with Crippen molar-refractivity contribution in [2.45, 2.75) is 37.9 Å². The van der Waals surface area contributed by atoms with Gasteiger partial charge >= 0.3 is 5.97 Å². The monoisotopic (exact) mass is 331 g/mol. The molecule has 1 aliphatic carbocycles. The Bertz CT molecular complexity index is 582. The van der Waals surface area contributed by atoms with E-state index in [2.05, 4.69) is 0 Å². The molecule has 6 nitrogen and oxygen atoms in total. The Morgan fingerprint density at radius 3 is 2.54 bits per heavy atom. The van der Waals surface area contributed by atoms with Crippen molar-refractivity contribution in [1.29, 1.82) is 5.26 Å². The summed E-state index contributed by atoms with van der Waals surface area (Å²) in [4.78, 5) is 12.2. The number of benzene rings is 1. The molecule has 1 aliphatic heterocycles. The normalized spacial score (nSPS) is 25.7. The third kappa shape index (κ3) is 5.03. The van der Waals surface area contributed by atoms with Gasteiger partial charge in [0.05, 0.1) is 36.9 Å². The van der Waals surface area contributed by atoms with Crippen LogP contribution in [-0.2, 0) is 19.0 Å². The van der Waals surface area contributed by atoms with Crippen molar-refractivity contribution in [3.05, 3.63) is 29.8 Å². The summed E-state index contributed by atoms with van der Waals surface area (Å²) in [5.74, 6) is 0.176. The Labute approximate surface area is 141 Å². The lowest BCUT2D eigenvalue weighted by Crippen LogP contribution is -2.29. The van der Waals surface area contributed by atoms with Crippen molar-refractivity contribution in [2.75, 3.05) is 20.0 Å². The molecular weight excluding hydrogens is 310 g/mol. The van der Waals surface area contributed by atoms with Gasteiger partial charge in [0.15, 0.2) is 0 Å². The number of ether oxygens (including phenoxy) is 4. The highest BCUT2D eigenvalue weighted by Crippen LogP contribution is 2.28. The van der Waals surface area contributed by atoms with E-state index in [9.17, 15) is 4.79 Å². The van der Waals surface area contributed by atoms with Gasteiger partial charge in [-0.3, -0.25) is 4.79 Å². The smallest absolute Gasteiger partial charge is 0.314 e. The SMILES string of the molecule is N#Cc1ccc(OC(=O)C2CCC(OCOCC3CO3)CC2)cc1. The van der Waals surface area contributed by atoms with Gasteiger partial charge in [0.1, 0.15) is 18.6 Å². The number of nitriles is 1. The van der Waals surface area contributed by atoms with Crippen molar-refractivity contribution in [3.8, 4) is 11.8 Å².